The van der Waals surface area contributed by atoms with Crippen LogP contribution >= 0.6 is 0 Å². The lowest BCUT2D eigenvalue weighted by atomic mass is 9.79. The van der Waals surface area contributed by atoms with Gasteiger partial charge in [0.15, 0.2) is 5.60 Å². The summed E-state index contributed by atoms with van der Waals surface area (Å²) in [5.74, 6) is 0.347. The minimum Gasteiger partial charge on any atom is -0.457 e. The predicted molar refractivity (Wildman–Crippen MR) is 153 cm³/mol. The van der Waals surface area contributed by atoms with Gasteiger partial charge in [0.1, 0.15) is 6.61 Å². The van der Waals surface area contributed by atoms with Crippen molar-refractivity contribution in [1.82, 2.24) is 10.2 Å². The van der Waals surface area contributed by atoms with Crippen molar-refractivity contribution in [2.45, 2.75) is 50.4 Å². The van der Waals surface area contributed by atoms with Crippen molar-refractivity contribution < 1.29 is 19.4 Å². The number of hydrogen-bond acceptors (Lipinski definition) is 5. The zero-order chi connectivity index (χ0) is 27.5. The Bertz CT molecular complexity index is 1290. The first kappa shape index (κ1) is 26.7. The molecule has 0 spiro atoms. The molecule has 0 radical (unpaired) electrons. The number of carbonyl (C=O) groups excluding carboxylic acids is 2. The van der Waals surface area contributed by atoms with Gasteiger partial charge in [-0.2, -0.15) is 0 Å². The number of esters is 1. The van der Waals surface area contributed by atoms with Gasteiger partial charge in [0.2, 0.25) is 0 Å². The molecule has 6 rings (SSSR count). The molecule has 0 bridgehead atoms. The van der Waals surface area contributed by atoms with Gasteiger partial charge in [-0.05, 0) is 59.9 Å². The maximum absolute atomic E-state index is 13.5. The lowest BCUT2D eigenvalue weighted by molar-refractivity contribution is -0.147. The number of aliphatic hydroxyl groups is 1. The highest BCUT2D eigenvalue weighted by Crippen LogP contribution is 2.47. The summed E-state index contributed by atoms with van der Waals surface area (Å²) in [7, 11) is 0. The molecular weight excluding hydrogens is 500 g/mol. The van der Waals surface area contributed by atoms with Crippen molar-refractivity contribution in [3.05, 3.63) is 107 Å². The molecule has 3 aliphatic rings. The number of amides is 1. The third-order valence-electron chi connectivity index (χ3n) is 9.19. The molecule has 6 nitrogen and oxygen atoms in total. The van der Waals surface area contributed by atoms with Crippen LogP contribution in [0.2, 0.25) is 0 Å². The maximum Gasteiger partial charge on any atom is 0.338 e. The molecule has 1 saturated heterocycles. The van der Waals surface area contributed by atoms with Crippen molar-refractivity contribution in [3.8, 4) is 0 Å². The number of hydrogen-bond donors (Lipinski definition) is 2. The molecule has 1 amide bonds. The van der Waals surface area contributed by atoms with E-state index < -0.39 is 5.60 Å². The van der Waals surface area contributed by atoms with Crippen LogP contribution in [0.1, 0.15) is 52.7 Å². The molecule has 6 heteroatoms. The van der Waals surface area contributed by atoms with E-state index in [0.717, 1.165) is 57.3 Å². The quantitative estimate of drug-likeness (QED) is 0.366. The molecule has 3 aromatic rings. The monoisotopic (exact) mass is 538 g/mol. The highest BCUT2D eigenvalue weighted by molar-refractivity contribution is 5.89. The summed E-state index contributed by atoms with van der Waals surface area (Å²) in [6, 6.07) is 27.0. The molecule has 40 heavy (non-hydrogen) atoms. The second-order valence-corrected chi connectivity index (χ2v) is 11.7. The van der Waals surface area contributed by atoms with Crippen molar-refractivity contribution in [2.24, 2.45) is 17.8 Å². The average molecular weight is 539 g/mol. The highest BCUT2D eigenvalue weighted by atomic mass is 16.5. The van der Waals surface area contributed by atoms with Crippen LogP contribution in [0.5, 0.6) is 0 Å². The van der Waals surface area contributed by atoms with Gasteiger partial charge in [-0.15, -0.1) is 0 Å². The lowest BCUT2D eigenvalue weighted by Gasteiger charge is -2.33. The average Bonchev–Trinajstić information content (AvgIpc) is 3.39. The van der Waals surface area contributed by atoms with E-state index in [9.17, 15) is 14.7 Å². The molecule has 3 fully saturated rings. The van der Waals surface area contributed by atoms with Gasteiger partial charge < -0.3 is 20.1 Å². The Morgan fingerprint density at radius 3 is 2.12 bits per heavy atom. The molecule has 1 aliphatic heterocycles. The van der Waals surface area contributed by atoms with Gasteiger partial charge in [0.05, 0.1) is 5.56 Å². The number of fused-ring (bicyclic) bond motifs is 1. The zero-order valence-corrected chi connectivity index (χ0v) is 22.9. The first-order valence-electron chi connectivity index (χ1n) is 14.6. The fourth-order valence-electron chi connectivity index (χ4n) is 6.76. The smallest absolute Gasteiger partial charge is 0.338 e. The molecule has 3 aromatic carbocycles. The van der Waals surface area contributed by atoms with Crippen LogP contribution in [0, 0.1) is 17.8 Å². The molecule has 2 N–H and O–H groups in total. The maximum atomic E-state index is 13.5. The van der Waals surface area contributed by atoms with E-state index in [0.29, 0.717) is 23.0 Å². The van der Waals surface area contributed by atoms with Gasteiger partial charge >= 0.3 is 5.97 Å². The number of carbonyl (C=O) groups is 2. The van der Waals surface area contributed by atoms with E-state index >= 15 is 0 Å². The Balaban J connectivity index is 0.966. The van der Waals surface area contributed by atoms with Crippen LogP contribution in [0.25, 0.3) is 0 Å². The first-order chi connectivity index (χ1) is 19.5. The molecule has 208 valence electrons. The van der Waals surface area contributed by atoms with Crippen LogP contribution in [0.4, 0.5) is 0 Å². The zero-order valence-electron chi connectivity index (χ0n) is 22.9. The Morgan fingerprint density at radius 2 is 1.48 bits per heavy atom. The van der Waals surface area contributed by atoms with E-state index in [4.69, 9.17) is 4.74 Å². The van der Waals surface area contributed by atoms with Crippen LogP contribution in [-0.2, 0) is 28.2 Å². The normalized spacial score (nSPS) is 23.8. The summed E-state index contributed by atoms with van der Waals surface area (Å²) < 4.78 is 5.43. The third kappa shape index (κ3) is 5.56. The summed E-state index contributed by atoms with van der Waals surface area (Å²) in [6.45, 7) is 3.15. The molecule has 0 aromatic heterocycles. The highest BCUT2D eigenvalue weighted by Gasteiger charge is 2.58. The number of benzene rings is 3. The van der Waals surface area contributed by atoms with E-state index in [1.807, 2.05) is 84.9 Å². The lowest BCUT2D eigenvalue weighted by Crippen LogP contribution is -2.51. The molecule has 1 heterocycles. The van der Waals surface area contributed by atoms with Gasteiger partial charge in [-0.3, -0.25) is 4.79 Å². The Morgan fingerprint density at radius 1 is 0.850 bits per heavy atom. The number of likely N-dealkylation sites (tertiary alicyclic amines) is 1. The Hall–Kier alpha value is -3.48. The third-order valence-corrected chi connectivity index (χ3v) is 9.19. The summed E-state index contributed by atoms with van der Waals surface area (Å²) in [5.41, 5.74) is 1.98. The standard InChI is InChI=1S/C34H38N2O4/c37-32(40-23-25-9-3-1-4-10-25)26-17-15-24(16-18-26)19-20-36-21-29-30(22-36)31(29)35-33(38)34(39,28-13-7-8-14-28)27-11-5-2-6-12-27/h1-6,9-12,15-18,28-31,39H,7-8,13-14,19-23H2,(H,35,38). The summed E-state index contributed by atoms with van der Waals surface area (Å²) in [4.78, 5) is 28.4. The van der Waals surface area contributed by atoms with Gasteiger partial charge in [0.25, 0.3) is 5.91 Å². The largest absolute Gasteiger partial charge is 0.457 e. The molecule has 3 atom stereocenters. The summed E-state index contributed by atoms with van der Waals surface area (Å²) >= 11 is 0. The second-order valence-electron chi connectivity index (χ2n) is 11.7. The van der Waals surface area contributed by atoms with Crippen molar-refractivity contribution in [3.63, 3.8) is 0 Å². The fraction of sp³-hybridized carbons (Fsp3) is 0.412. The fourth-order valence-corrected chi connectivity index (χ4v) is 6.76. The van der Waals surface area contributed by atoms with Crippen LogP contribution in [0.3, 0.4) is 0 Å². The van der Waals surface area contributed by atoms with E-state index in [1.165, 1.54) is 5.56 Å². The summed E-state index contributed by atoms with van der Waals surface area (Å²) in [6.07, 6.45) is 4.82. The SMILES string of the molecule is O=C(OCc1ccccc1)c1ccc(CCN2CC3C(C2)C3NC(=O)C(O)(c2ccccc2)C2CCCC2)cc1. The molecular formula is C34H38N2O4. The Labute approximate surface area is 236 Å². The minimum atomic E-state index is -1.45. The topological polar surface area (TPSA) is 78.9 Å². The van der Waals surface area contributed by atoms with E-state index in [-0.39, 0.29) is 30.4 Å². The minimum absolute atomic E-state index is 0.0258. The van der Waals surface area contributed by atoms with Gasteiger partial charge in [-0.1, -0.05) is 85.6 Å². The van der Waals surface area contributed by atoms with Gasteiger partial charge in [0, 0.05) is 31.6 Å². The number of rotatable bonds is 10. The number of nitrogens with one attached hydrogen (secondary N) is 1. The number of piperidine rings is 1. The van der Waals surface area contributed by atoms with Crippen LogP contribution in [0.15, 0.2) is 84.9 Å². The van der Waals surface area contributed by atoms with Crippen molar-refractivity contribution in [2.75, 3.05) is 19.6 Å². The van der Waals surface area contributed by atoms with Crippen molar-refractivity contribution in [1.29, 1.82) is 0 Å². The summed E-state index contributed by atoms with van der Waals surface area (Å²) in [5, 5.41) is 15.0. The van der Waals surface area contributed by atoms with E-state index in [1.54, 1.807) is 0 Å². The molecule has 2 aliphatic carbocycles. The first-order valence-corrected chi connectivity index (χ1v) is 14.6. The van der Waals surface area contributed by atoms with E-state index in [2.05, 4.69) is 10.2 Å². The van der Waals surface area contributed by atoms with Crippen molar-refractivity contribution >= 4 is 11.9 Å². The van der Waals surface area contributed by atoms with Crippen LogP contribution < -0.4 is 5.32 Å². The molecule has 3 unspecified atom stereocenters. The number of ether oxygens (including phenoxy) is 1. The Kier molecular flexibility index (Phi) is 7.72. The predicted octanol–water partition coefficient (Wildman–Crippen LogP) is 4.71. The number of nitrogens with zero attached hydrogens (tertiary/aromatic N) is 1. The second kappa shape index (κ2) is 11.6. The van der Waals surface area contributed by atoms with Gasteiger partial charge in [-0.25, -0.2) is 4.79 Å². The van der Waals surface area contributed by atoms with Crippen LogP contribution in [-0.4, -0.2) is 47.6 Å². The molecule has 2 saturated carbocycles.